The van der Waals surface area contributed by atoms with Crippen molar-refractivity contribution in [2.45, 2.75) is 26.6 Å². The molecule has 0 unspecified atom stereocenters. The lowest BCUT2D eigenvalue weighted by Gasteiger charge is -2.35. The van der Waals surface area contributed by atoms with Crippen LogP contribution >= 0.6 is 0 Å². The molecule has 2 aromatic rings. The highest BCUT2D eigenvalue weighted by Crippen LogP contribution is 2.30. The lowest BCUT2D eigenvalue weighted by molar-refractivity contribution is -0.141. The number of halogens is 3. The molecular weight excluding hydrogens is 349 g/mol. The molecule has 1 aliphatic rings. The summed E-state index contributed by atoms with van der Waals surface area (Å²) in [5.74, 6) is 0.123. The Balaban J connectivity index is 1.69. The molecule has 1 fully saturated rings. The van der Waals surface area contributed by atoms with E-state index < -0.39 is 11.9 Å². The van der Waals surface area contributed by atoms with E-state index in [9.17, 15) is 18.0 Å². The molecule has 7 nitrogen and oxygen atoms in total. The maximum absolute atomic E-state index is 12.9. The van der Waals surface area contributed by atoms with Gasteiger partial charge in [-0.1, -0.05) is 0 Å². The van der Waals surface area contributed by atoms with Crippen LogP contribution in [0.3, 0.4) is 0 Å². The zero-order valence-corrected chi connectivity index (χ0v) is 14.5. The Labute approximate surface area is 148 Å². The zero-order chi connectivity index (χ0) is 18.9. The monoisotopic (exact) mass is 368 g/mol. The number of rotatable bonds is 3. The van der Waals surface area contributed by atoms with E-state index in [0.717, 1.165) is 6.07 Å². The van der Waals surface area contributed by atoms with Crippen molar-refractivity contribution in [3.63, 3.8) is 0 Å². The number of hydrogen-bond donors (Lipinski definition) is 0. The summed E-state index contributed by atoms with van der Waals surface area (Å²) in [5.41, 5.74) is -0.582. The van der Waals surface area contributed by atoms with Crippen molar-refractivity contribution in [3.8, 4) is 0 Å². The lowest BCUT2D eigenvalue weighted by Crippen LogP contribution is -2.49. The molecule has 0 radical (unpaired) electrons. The summed E-state index contributed by atoms with van der Waals surface area (Å²) in [7, 11) is 0. The van der Waals surface area contributed by atoms with E-state index in [-0.39, 0.29) is 17.5 Å². The van der Waals surface area contributed by atoms with Gasteiger partial charge in [-0.3, -0.25) is 9.48 Å². The fourth-order valence-electron chi connectivity index (χ4n) is 2.81. The molecule has 0 atom stereocenters. The molecule has 1 saturated heterocycles. The first-order valence-electron chi connectivity index (χ1n) is 8.28. The topological polar surface area (TPSA) is 67.2 Å². The number of nitrogens with zero attached hydrogens (tertiary/aromatic N) is 6. The molecule has 3 heterocycles. The second-order valence-electron chi connectivity index (χ2n) is 5.99. The minimum absolute atomic E-state index is 0.0680. The predicted molar refractivity (Wildman–Crippen MR) is 87.8 cm³/mol. The Bertz CT molecular complexity index is 796. The van der Waals surface area contributed by atoms with Gasteiger partial charge >= 0.3 is 6.18 Å². The average Bonchev–Trinajstić information content (AvgIpc) is 3.09. The summed E-state index contributed by atoms with van der Waals surface area (Å²) in [4.78, 5) is 23.4. The number of alkyl halides is 3. The van der Waals surface area contributed by atoms with Gasteiger partial charge in [-0.15, -0.1) is 0 Å². The van der Waals surface area contributed by atoms with Gasteiger partial charge in [-0.25, -0.2) is 9.97 Å². The smallest absolute Gasteiger partial charge is 0.353 e. The third-order valence-electron chi connectivity index (χ3n) is 4.19. The van der Waals surface area contributed by atoms with Crippen LogP contribution in [0, 0.1) is 6.92 Å². The van der Waals surface area contributed by atoms with Gasteiger partial charge in [0.15, 0.2) is 0 Å². The van der Waals surface area contributed by atoms with Crippen LogP contribution < -0.4 is 4.90 Å². The van der Waals surface area contributed by atoms with Crippen molar-refractivity contribution in [2.75, 3.05) is 31.1 Å². The van der Waals surface area contributed by atoms with Crippen molar-refractivity contribution in [1.29, 1.82) is 0 Å². The van der Waals surface area contributed by atoms with E-state index in [2.05, 4.69) is 15.1 Å². The van der Waals surface area contributed by atoms with Crippen molar-refractivity contribution in [3.05, 3.63) is 35.5 Å². The van der Waals surface area contributed by atoms with Gasteiger partial charge < -0.3 is 9.80 Å². The first-order chi connectivity index (χ1) is 12.3. The molecule has 0 aliphatic carbocycles. The minimum atomic E-state index is -4.52. The average molecular weight is 368 g/mol. The zero-order valence-electron chi connectivity index (χ0n) is 14.5. The van der Waals surface area contributed by atoms with Gasteiger partial charge in [0, 0.05) is 45.0 Å². The van der Waals surface area contributed by atoms with Gasteiger partial charge in [0.1, 0.15) is 23.0 Å². The van der Waals surface area contributed by atoms with Crippen LogP contribution in [-0.2, 0) is 12.7 Å². The van der Waals surface area contributed by atoms with Crippen LogP contribution in [0.4, 0.5) is 19.0 Å². The third kappa shape index (κ3) is 3.78. The standard InChI is InChI=1S/C16H19F3N6O/c1-3-25-5-4-12(22-25)15(26)24-8-6-23(7-9-24)14-10-13(16(17,18)19)20-11(2)21-14/h4-5,10H,3,6-9H2,1-2H3. The van der Waals surface area contributed by atoms with Gasteiger partial charge in [0.25, 0.3) is 5.91 Å². The van der Waals surface area contributed by atoms with Crippen LogP contribution in [-0.4, -0.2) is 56.7 Å². The highest BCUT2D eigenvalue weighted by Gasteiger charge is 2.34. The number of carbonyl (C=O) groups excluding carboxylic acids is 1. The molecule has 140 valence electrons. The third-order valence-corrected chi connectivity index (χ3v) is 4.19. The van der Waals surface area contributed by atoms with E-state index in [4.69, 9.17) is 0 Å². The van der Waals surface area contributed by atoms with E-state index in [1.54, 1.807) is 26.7 Å². The van der Waals surface area contributed by atoms with E-state index >= 15 is 0 Å². The highest BCUT2D eigenvalue weighted by atomic mass is 19.4. The molecule has 2 aromatic heterocycles. The fourth-order valence-corrected chi connectivity index (χ4v) is 2.81. The Morgan fingerprint density at radius 2 is 1.88 bits per heavy atom. The predicted octanol–water partition coefficient (Wildman–Crippen LogP) is 1.98. The Hall–Kier alpha value is -2.65. The number of amides is 1. The summed E-state index contributed by atoms with van der Waals surface area (Å²) in [6.07, 6.45) is -2.77. The molecule has 3 rings (SSSR count). The summed E-state index contributed by atoms with van der Waals surface area (Å²) >= 11 is 0. The van der Waals surface area contributed by atoms with Gasteiger partial charge in [-0.2, -0.15) is 18.3 Å². The molecule has 0 bridgehead atoms. The summed E-state index contributed by atoms with van der Waals surface area (Å²) in [5, 5.41) is 4.20. The molecule has 26 heavy (non-hydrogen) atoms. The SMILES string of the molecule is CCn1ccc(C(=O)N2CCN(c3cc(C(F)(F)F)nc(C)n3)CC2)n1. The molecule has 0 saturated carbocycles. The Morgan fingerprint density at radius 1 is 1.19 bits per heavy atom. The number of aryl methyl sites for hydroxylation is 2. The maximum Gasteiger partial charge on any atom is 0.433 e. The molecule has 10 heteroatoms. The number of hydrogen-bond acceptors (Lipinski definition) is 5. The Morgan fingerprint density at radius 3 is 2.46 bits per heavy atom. The summed E-state index contributed by atoms with van der Waals surface area (Å²) < 4.78 is 40.5. The quantitative estimate of drug-likeness (QED) is 0.829. The molecular formula is C16H19F3N6O. The number of carbonyl (C=O) groups is 1. The summed E-state index contributed by atoms with van der Waals surface area (Å²) in [6.45, 7) is 5.61. The van der Waals surface area contributed by atoms with Crippen LogP contribution in [0.15, 0.2) is 18.3 Å². The van der Waals surface area contributed by atoms with Crippen LogP contribution in [0.5, 0.6) is 0 Å². The maximum atomic E-state index is 12.9. The molecule has 0 N–H and O–H groups in total. The van der Waals surface area contributed by atoms with Crippen LogP contribution in [0.1, 0.15) is 28.9 Å². The van der Waals surface area contributed by atoms with Crippen molar-refractivity contribution in [1.82, 2.24) is 24.6 Å². The number of piperazine rings is 1. The van der Waals surface area contributed by atoms with Crippen molar-refractivity contribution >= 4 is 11.7 Å². The van der Waals surface area contributed by atoms with E-state index in [0.29, 0.717) is 38.4 Å². The highest BCUT2D eigenvalue weighted by molar-refractivity contribution is 5.92. The van der Waals surface area contributed by atoms with Crippen LogP contribution in [0.25, 0.3) is 0 Å². The van der Waals surface area contributed by atoms with Gasteiger partial charge in [0.05, 0.1) is 0 Å². The molecule has 1 amide bonds. The van der Waals surface area contributed by atoms with E-state index in [1.807, 2.05) is 6.92 Å². The van der Waals surface area contributed by atoms with Crippen molar-refractivity contribution in [2.24, 2.45) is 0 Å². The lowest BCUT2D eigenvalue weighted by atomic mass is 10.2. The summed E-state index contributed by atoms with van der Waals surface area (Å²) in [6, 6.07) is 2.62. The number of anilines is 1. The molecule has 0 aromatic carbocycles. The largest absolute Gasteiger partial charge is 0.433 e. The van der Waals surface area contributed by atoms with Gasteiger partial charge in [0.2, 0.25) is 0 Å². The van der Waals surface area contributed by atoms with Crippen LogP contribution in [0.2, 0.25) is 0 Å². The number of aromatic nitrogens is 4. The Kier molecular flexibility index (Phi) is 4.84. The first-order valence-corrected chi connectivity index (χ1v) is 8.28. The second-order valence-corrected chi connectivity index (χ2v) is 5.99. The normalized spacial score (nSPS) is 15.4. The van der Waals surface area contributed by atoms with Crippen molar-refractivity contribution < 1.29 is 18.0 Å². The second kappa shape index (κ2) is 6.93. The minimum Gasteiger partial charge on any atom is -0.353 e. The molecule has 0 spiro atoms. The molecule has 1 aliphatic heterocycles. The first kappa shape index (κ1) is 18.2. The van der Waals surface area contributed by atoms with E-state index in [1.165, 1.54) is 6.92 Å². The fraction of sp³-hybridized carbons (Fsp3) is 0.500. The van der Waals surface area contributed by atoms with Gasteiger partial charge in [-0.05, 0) is 19.9 Å².